The molecule has 0 radical (unpaired) electrons. The number of fused-ring (bicyclic) bond motifs is 3. The van der Waals surface area contributed by atoms with Crippen LogP contribution in [0.5, 0.6) is 0 Å². The first-order valence-corrected chi connectivity index (χ1v) is 7.07. The zero-order chi connectivity index (χ0) is 15.0. The minimum Gasteiger partial charge on any atom is -0.382 e. The maximum Gasteiger partial charge on any atom is 0.152 e. The number of aromatic nitrogens is 4. The van der Waals surface area contributed by atoms with Crippen LogP contribution in [0.4, 0.5) is 5.82 Å². The van der Waals surface area contributed by atoms with Crippen molar-refractivity contribution in [3.05, 3.63) is 23.7 Å². The van der Waals surface area contributed by atoms with Gasteiger partial charge >= 0.3 is 0 Å². The van der Waals surface area contributed by atoms with E-state index in [-0.39, 0.29) is 0 Å². The Kier molecular flexibility index (Phi) is 3.34. The number of nitrogen functional groups attached to an aromatic ring is 2. The molecule has 0 aliphatic heterocycles. The van der Waals surface area contributed by atoms with Gasteiger partial charge in [0.15, 0.2) is 5.82 Å². The molecule has 7 heteroatoms. The van der Waals surface area contributed by atoms with Crippen LogP contribution in [-0.4, -0.2) is 26.2 Å². The molecule has 21 heavy (non-hydrogen) atoms. The third-order valence-electron chi connectivity index (χ3n) is 3.58. The Balaban J connectivity index is 2.30. The molecule has 0 atom stereocenters. The van der Waals surface area contributed by atoms with Crippen LogP contribution in [0, 0.1) is 0 Å². The van der Waals surface area contributed by atoms with Gasteiger partial charge in [0.05, 0.1) is 5.52 Å². The summed E-state index contributed by atoms with van der Waals surface area (Å²) in [5.41, 5.74) is 15.3. The van der Waals surface area contributed by atoms with Crippen molar-refractivity contribution in [2.45, 2.75) is 26.2 Å². The summed E-state index contributed by atoms with van der Waals surface area (Å²) in [6.45, 7) is 2.64. The average Bonchev–Trinajstić information content (AvgIpc) is 2.83. The van der Waals surface area contributed by atoms with Gasteiger partial charge < -0.3 is 17.3 Å². The van der Waals surface area contributed by atoms with Crippen molar-refractivity contribution in [2.75, 3.05) is 18.1 Å². The van der Waals surface area contributed by atoms with E-state index in [1.165, 1.54) is 0 Å². The topological polar surface area (TPSA) is 122 Å². The summed E-state index contributed by atoms with van der Waals surface area (Å²) in [5, 5.41) is 0. The lowest BCUT2D eigenvalue weighted by molar-refractivity contribution is 0.814. The molecule has 3 rings (SSSR count). The molecule has 0 bridgehead atoms. The Labute approximate surface area is 122 Å². The number of anilines is 1. The molecule has 3 aromatic rings. The third kappa shape index (κ3) is 2.15. The molecular formula is C14H19N7. The first-order valence-electron chi connectivity index (χ1n) is 7.07. The molecule has 3 heterocycles. The second-order valence-corrected chi connectivity index (χ2v) is 5.01. The van der Waals surface area contributed by atoms with Gasteiger partial charge in [0, 0.05) is 12.1 Å². The maximum absolute atomic E-state index is 6.15. The van der Waals surface area contributed by atoms with Crippen molar-refractivity contribution in [3.63, 3.8) is 0 Å². The van der Waals surface area contributed by atoms with E-state index in [2.05, 4.69) is 15.0 Å². The summed E-state index contributed by atoms with van der Waals surface area (Å²) in [6.07, 6.45) is 2.45. The van der Waals surface area contributed by atoms with E-state index in [9.17, 15) is 0 Å². The summed E-state index contributed by atoms with van der Waals surface area (Å²) in [5.74, 6) is 7.29. The van der Waals surface area contributed by atoms with Crippen LogP contribution in [0.25, 0.3) is 22.1 Å². The molecular weight excluding hydrogens is 266 g/mol. The van der Waals surface area contributed by atoms with Crippen LogP contribution in [0.3, 0.4) is 0 Å². The first kappa shape index (κ1) is 13.6. The van der Waals surface area contributed by atoms with Crippen molar-refractivity contribution in [3.8, 4) is 0 Å². The largest absolute Gasteiger partial charge is 0.382 e. The van der Waals surface area contributed by atoms with E-state index >= 15 is 0 Å². The fourth-order valence-corrected chi connectivity index (χ4v) is 2.50. The molecule has 7 nitrogen and oxygen atoms in total. The standard InChI is InChI=1S/C14H19N7/c1-2-10-20-12-13(21(10)17)11-9(19-14(12)16)6-5-8(18-11)4-3-7-15/h5-6H,2-4,7,15,17H2,1H3,(H2,16,19). The van der Waals surface area contributed by atoms with Gasteiger partial charge in [0.25, 0.3) is 0 Å². The number of hydrogen-bond donors (Lipinski definition) is 3. The summed E-state index contributed by atoms with van der Waals surface area (Å²) >= 11 is 0. The molecule has 0 aliphatic carbocycles. The van der Waals surface area contributed by atoms with E-state index in [0.29, 0.717) is 17.9 Å². The lowest BCUT2D eigenvalue weighted by atomic mass is 10.2. The van der Waals surface area contributed by atoms with E-state index in [1.54, 1.807) is 4.68 Å². The zero-order valence-corrected chi connectivity index (χ0v) is 12.0. The zero-order valence-electron chi connectivity index (χ0n) is 12.0. The van der Waals surface area contributed by atoms with Gasteiger partial charge in [0.1, 0.15) is 22.4 Å². The van der Waals surface area contributed by atoms with E-state index < -0.39 is 0 Å². The summed E-state index contributed by atoms with van der Waals surface area (Å²) in [4.78, 5) is 13.5. The van der Waals surface area contributed by atoms with Gasteiger partial charge in [0.2, 0.25) is 0 Å². The Bertz CT molecular complexity index is 806. The van der Waals surface area contributed by atoms with Crippen LogP contribution < -0.4 is 17.3 Å². The predicted octanol–water partition coefficient (Wildman–Crippen LogP) is 0.729. The monoisotopic (exact) mass is 285 g/mol. The van der Waals surface area contributed by atoms with Crippen molar-refractivity contribution in [1.82, 2.24) is 19.6 Å². The molecule has 0 saturated heterocycles. The Morgan fingerprint density at radius 2 is 1.95 bits per heavy atom. The van der Waals surface area contributed by atoms with Crippen molar-refractivity contribution < 1.29 is 0 Å². The highest BCUT2D eigenvalue weighted by molar-refractivity contribution is 6.04. The third-order valence-corrected chi connectivity index (χ3v) is 3.58. The Morgan fingerprint density at radius 3 is 2.67 bits per heavy atom. The number of nitrogens with zero attached hydrogens (tertiary/aromatic N) is 4. The van der Waals surface area contributed by atoms with Gasteiger partial charge in [-0.05, 0) is 31.5 Å². The molecule has 0 aromatic carbocycles. The highest BCUT2D eigenvalue weighted by atomic mass is 15.3. The van der Waals surface area contributed by atoms with E-state index in [0.717, 1.165) is 47.3 Å². The molecule has 0 unspecified atom stereocenters. The van der Waals surface area contributed by atoms with Crippen LogP contribution in [0.2, 0.25) is 0 Å². The van der Waals surface area contributed by atoms with Gasteiger partial charge in [-0.2, -0.15) is 0 Å². The second-order valence-electron chi connectivity index (χ2n) is 5.01. The van der Waals surface area contributed by atoms with Crippen molar-refractivity contribution in [2.24, 2.45) is 5.73 Å². The average molecular weight is 285 g/mol. The molecule has 6 N–H and O–H groups in total. The number of nitrogens with two attached hydrogens (primary N) is 3. The summed E-state index contributed by atoms with van der Waals surface area (Å²) < 4.78 is 1.56. The number of hydrogen-bond acceptors (Lipinski definition) is 6. The van der Waals surface area contributed by atoms with Crippen molar-refractivity contribution in [1.29, 1.82) is 0 Å². The summed E-state index contributed by atoms with van der Waals surface area (Å²) in [6, 6.07) is 3.87. The van der Waals surface area contributed by atoms with Crippen molar-refractivity contribution >= 4 is 27.9 Å². The Morgan fingerprint density at radius 1 is 1.14 bits per heavy atom. The minimum atomic E-state index is 0.382. The molecule has 0 spiro atoms. The Hall–Kier alpha value is -2.41. The quantitative estimate of drug-likeness (QED) is 0.607. The maximum atomic E-state index is 6.15. The van der Waals surface area contributed by atoms with Gasteiger partial charge in [-0.1, -0.05) is 6.92 Å². The molecule has 110 valence electrons. The fraction of sp³-hybridized carbons (Fsp3) is 0.357. The highest BCUT2D eigenvalue weighted by Crippen LogP contribution is 2.26. The van der Waals surface area contributed by atoms with Gasteiger partial charge in [-0.15, -0.1) is 0 Å². The van der Waals surface area contributed by atoms with E-state index in [4.69, 9.17) is 17.3 Å². The van der Waals surface area contributed by atoms with Crippen LogP contribution >= 0.6 is 0 Å². The van der Waals surface area contributed by atoms with Crippen LogP contribution in [0.1, 0.15) is 24.9 Å². The normalized spacial score (nSPS) is 11.5. The number of pyridine rings is 2. The van der Waals surface area contributed by atoms with Gasteiger partial charge in [-0.25, -0.2) is 19.6 Å². The SMILES string of the molecule is CCc1nc2c(N)nc3ccc(CCCN)nc3c2n1N. The molecule has 0 fully saturated rings. The fourth-order valence-electron chi connectivity index (χ4n) is 2.50. The smallest absolute Gasteiger partial charge is 0.152 e. The second kappa shape index (κ2) is 5.17. The molecule has 0 amide bonds. The first-order chi connectivity index (χ1) is 10.2. The molecule has 3 aromatic heterocycles. The lowest BCUT2D eigenvalue weighted by Gasteiger charge is -2.06. The molecule has 0 aliphatic rings. The summed E-state index contributed by atoms with van der Waals surface area (Å²) in [7, 11) is 0. The number of aryl methyl sites for hydroxylation is 2. The number of rotatable bonds is 4. The van der Waals surface area contributed by atoms with Crippen LogP contribution in [-0.2, 0) is 12.8 Å². The lowest BCUT2D eigenvalue weighted by Crippen LogP contribution is -2.12. The van der Waals surface area contributed by atoms with Crippen LogP contribution in [0.15, 0.2) is 12.1 Å². The van der Waals surface area contributed by atoms with Gasteiger partial charge in [-0.3, -0.25) is 0 Å². The highest BCUT2D eigenvalue weighted by Gasteiger charge is 2.16. The number of imidazole rings is 1. The van der Waals surface area contributed by atoms with E-state index in [1.807, 2.05) is 19.1 Å². The predicted molar refractivity (Wildman–Crippen MR) is 84.1 cm³/mol. The minimum absolute atomic E-state index is 0.382. The molecule has 0 saturated carbocycles.